The maximum absolute atomic E-state index is 11.1. The minimum absolute atomic E-state index is 0.173. The van der Waals surface area contributed by atoms with E-state index in [1.165, 1.54) is 115 Å². The summed E-state index contributed by atoms with van der Waals surface area (Å²) in [6, 6.07) is 4.25. The van der Waals surface area contributed by atoms with Crippen LogP contribution >= 0.6 is 0 Å². The maximum atomic E-state index is 11.1. The van der Waals surface area contributed by atoms with Crippen LogP contribution in [0.4, 0.5) is 11.4 Å². The van der Waals surface area contributed by atoms with Gasteiger partial charge in [-0.3, -0.25) is 4.55 Å². The van der Waals surface area contributed by atoms with E-state index >= 15 is 0 Å². The fourth-order valence-corrected chi connectivity index (χ4v) is 4.45. The zero-order chi connectivity index (χ0) is 22.8. The van der Waals surface area contributed by atoms with Crippen molar-refractivity contribution in [3.05, 3.63) is 18.2 Å². The molecule has 0 atom stereocenters. The van der Waals surface area contributed by atoms with Crippen molar-refractivity contribution >= 4 is 21.5 Å². The molecule has 0 aliphatic rings. The van der Waals surface area contributed by atoms with Gasteiger partial charge >= 0.3 is 0 Å². The van der Waals surface area contributed by atoms with Gasteiger partial charge in [0.15, 0.2) is 0 Å². The Balaban J connectivity index is 1.88. The molecule has 1 aromatic carbocycles. The third kappa shape index (κ3) is 14.4. The van der Waals surface area contributed by atoms with Gasteiger partial charge < -0.3 is 11.1 Å². The van der Waals surface area contributed by atoms with E-state index in [-0.39, 0.29) is 4.90 Å². The molecule has 31 heavy (non-hydrogen) atoms. The number of benzene rings is 1. The number of nitrogen functional groups attached to an aromatic ring is 1. The molecule has 1 aromatic rings. The van der Waals surface area contributed by atoms with Crippen LogP contribution in [-0.2, 0) is 10.1 Å². The predicted octanol–water partition coefficient (Wildman–Crippen LogP) is 7.58. The van der Waals surface area contributed by atoms with Gasteiger partial charge in [0.25, 0.3) is 10.1 Å². The maximum Gasteiger partial charge on any atom is 0.294 e. The molecule has 6 heteroatoms. The highest BCUT2D eigenvalue weighted by Gasteiger charge is 2.11. The fourth-order valence-electron chi connectivity index (χ4n) is 3.94. The third-order valence-electron chi connectivity index (χ3n) is 5.92. The van der Waals surface area contributed by atoms with Crippen LogP contribution in [0.25, 0.3) is 0 Å². The Bertz CT molecular complexity index is 677. The van der Waals surface area contributed by atoms with Gasteiger partial charge in [-0.25, -0.2) is 0 Å². The van der Waals surface area contributed by atoms with Crippen LogP contribution < -0.4 is 11.1 Å². The van der Waals surface area contributed by atoms with E-state index in [1.54, 1.807) is 6.07 Å². The molecule has 180 valence electrons. The lowest BCUT2D eigenvalue weighted by Crippen LogP contribution is -2.06. The van der Waals surface area contributed by atoms with Gasteiger partial charge in [-0.05, 0) is 24.6 Å². The Hall–Kier alpha value is -1.27. The first kappa shape index (κ1) is 27.8. The zero-order valence-electron chi connectivity index (χ0n) is 19.7. The normalized spacial score (nSPS) is 11.7. The summed E-state index contributed by atoms with van der Waals surface area (Å²) in [7, 11) is -4.20. The van der Waals surface area contributed by atoms with Crippen LogP contribution in [0.15, 0.2) is 23.1 Å². The zero-order valence-corrected chi connectivity index (χ0v) is 20.5. The lowest BCUT2D eigenvalue weighted by molar-refractivity contribution is 0.483. The summed E-state index contributed by atoms with van der Waals surface area (Å²) in [6.07, 6.45) is 23.0. The standard InChI is InChI=1S/C25H46N2O3S/c1-2-3-4-5-6-7-8-9-10-11-12-13-14-15-16-17-18-21-27-25-20-19-23(22-24(25)26)31(28,29)30/h19-20,22,27H,2-18,21,26H2,1H3,(H,28,29,30). The number of hydrogen-bond acceptors (Lipinski definition) is 4. The summed E-state index contributed by atoms with van der Waals surface area (Å²) >= 11 is 0. The van der Waals surface area contributed by atoms with Crippen molar-refractivity contribution in [2.45, 2.75) is 121 Å². The number of nitrogens with one attached hydrogen (secondary N) is 1. The summed E-state index contributed by atoms with van der Waals surface area (Å²) in [5.74, 6) is 0. The number of anilines is 2. The van der Waals surface area contributed by atoms with E-state index in [1.807, 2.05) is 0 Å². The molecule has 0 bridgehead atoms. The molecule has 1 rings (SSSR count). The Morgan fingerprint density at radius 3 is 1.55 bits per heavy atom. The van der Waals surface area contributed by atoms with Gasteiger partial charge in [-0.1, -0.05) is 110 Å². The first-order chi connectivity index (χ1) is 14.9. The van der Waals surface area contributed by atoms with Crippen molar-refractivity contribution in [2.75, 3.05) is 17.6 Å². The van der Waals surface area contributed by atoms with Gasteiger partial charge in [0.05, 0.1) is 16.3 Å². The predicted molar refractivity (Wildman–Crippen MR) is 133 cm³/mol. The summed E-state index contributed by atoms with van der Waals surface area (Å²) in [5.41, 5.74) is 6.90. The number of unbranched alkanes of at least 4 members (excludes halogenated alkanes) is 16. The van der Waals surface area contributed by atoms with E-state index < -0.39 is 10.1 Å². The van der Waals surface area contributed by atoms with E-state index in [2.05, 4.69) is 12.2 Å². The monoisotopic (exact) mass is 454 g/mol. The molecule has 0 spiro atoms. The average molecular weight is 455 g/mol. The first-order valence-corrected chi connectivity index (χ1v) is 14.0. The van der Waals surface area contributed by atoms with E-state index in [0.29, 0.717) is 11.4 Å². The molecule has 5 nitrogen and oxygen atoms in total. The van der Waals surface area contributed by atoms with Crippen molar-refractivity contribution < 1.29 is 13.0 Å². The smallest absolute Gasteiger partial charge is 0.294 e. The molecule has 0 fully saturated rings. The molecular formula is C25H46N2O3S. The largest absolute Gasteiger partial charge is 0.397 e. The molecule has 0 saturated carbocycles. The molecule has 0 radical (unpaired) electrons. The van der Waals surface area contributed by atoms with Crippen molar-refractivity contribution in [1.29, 1.82) is 0 Å². The third-order valence-corrected chi connectivity index (χ3v) is 6.77. The van der Waals surface area contributed by atoms with Crippen molar-refractivity contribution in [3.8, 4) is 0 Å². The lowest BCUT2D eigenvalue weighted by atomic mass is 10.0. The minimum Gasteiger partial charge on any atom is -0.397 e. The Morgan fingerprint density at radius 2 is 1.16 bits per heavy atom. The van der Waals surface area contributed by atoms with Gasteiger partial charge in [-0.2, -0.15) is 8.42 Å². The van der Waals surface area contributed by atoms with E-state index in [0.717, 1.165) is 13.0 Å². The number of nitrogens with two attached hydrogens (primary N) is 1. The van der Waals surface area contributed by atoms with Gasteiger partial charge in [0.2, 0.25) is 0 Å². The van der Waals surface area contributed by atoms with Crippen molar-refractivity contribution in [3.63, 3.8) is 0 Å². The Morgan fingerprint density at radius 1 is 0.742 bits per heavy atom. The lowest BCUT2D eigenvalue weighted by Gasteiger charge is -2.10. The fraction of sp³-hybridized carbons (Fsp3) is 0.760. The van der Waals surface area contributed by atoms with Crippen LogP contribution in [0.2, 0.25) is 0 Å². The van der Waals surface area contributed by atoms with Crippen LogP contribution in [0.3, 0.4) is 0 Å². The SMILES string of the molecule is CCCCCCCCCCCCCCCCCCCNc1ccc(S(=O)(=O)O)cc1N. The van der Waals surface area contributed by atoms with Gasteiger partial charge in [0.1, 0.15) is 0 Å². The van der Waals surface area contributed by atoms with Crippen LogP contribution in [0, 0.1) is 0 Å². The Labute approximate surface area is 191 Å². The van der Waals surface area contributed by atoms with Crippen molar-refractivity contribution in [1.82, 2.24) is 0 Å². The molecule has 0 heterocycles. The highest BCUT2D eigenvalue weighted by Crippen LogP contribution is 2.22. The summed E-state index contributed by atoms with van der Waals surface area (Å²) in [6.45, 7) is 3.09. The topological polar surface area (TPSA) is 92.4 Å². The van der Waals surface area contributed by atoms with Gasteiger partial charge in [-0.15, -0.1) is 0 Å². The molecular weight excluding hydrogens is 408 g/mol. The summed E-state index contributed by atoms with van der Waals surface area (Å²) in [4.78, 5) is -0.173. The molecule has 0 aliphatic heterocycles. The Kier molecular flexibility index (Phi) is 15.5. The quantitative estimate of drug-likeness (QED) is 0.107. The van der Waals surface area contributed by atoms with Crippen molar-refractivity contribution in [2.24, 2.45) is 0 Å². The second kappa shape index (κ2) is 17.3. The number of rotatable bonds is 20. The molecule has 0 aromatic heterocycles. The molecule has 4 N–H and O–H groups in total. The highest BCUT2D eigenvalue weighted by atomic mass is 32.2. The molecule has 0 aliphatic carbocycles. The minimum atomic E-state index is -4.20. The molecule has 0 saturated heterocycles. The van der Waals surface area contributed by atoms with Crippen LogP contribution in [0.5, 0.6) is 0 Å². The number of hydrogen-bond donors (Lipinski definition) is 3. The van der Waals surface area contributed by atoms with E-state index in [4.69, 9.17) is 10.3 Å². The summed E-state index contributed by atoms with van der Waals surface area (Å²) < 4.78 is 31.3. The van der Waals surface area contributed by atoms with Crippen LogP contribution in [0.1, 0.15) is 116 Å². The van der Waals surface area contributed by atoms with E-state index in [9.17, 15) is 8.42 Å². The first-order valence-electron chi connectivity index (χ1n) is 12.6. The molecule has 0 amide bonds. The summed E-state index contributed by atoms with van der Waals surface area (Å²) in [5, 5.41) is 3.24. The van der Waals surface area contributed by atoms with Gasteiger partial charge in [0, 0.05) is 6.54 Å². The highest BCUT2D eigenvalue weighted by molar-refractivity contribution is 7.85. The molecule has 0 unspecified atom stereocenters. The second-order valence-corrected chi connectivity index (χ2v) is 10.2. The second-order valence-electron chi connectivity index (χ2n) is 8.81. The van der Waals surface area contributed by atoms with Crippen LogP contribution in [-0.4, -0.2) is 19.5 Å². The average Bonchev–Trinajstić information content (AvgIpc) is 2.73.